The van der Waals surface area contributed by atoms with Gasteiger partial charge in [-0.05, 0) is 69.5 Å². The van der Waals surface area contributed by atoms with Crippen LogP contribution in [-0.2, 0) is 9.84 Å². The molecule has 0 fully saturated rings. The van der Waals surface area contributed by atoms with E-state index in [2.05, 4.69) is 26.9 Å². The average Bonchev–Trinajstić information content (AvgIpc) is 3.27. The number of aromatic hydroxyl groups is 1. The first-order valence-electron chi connectivity index (χ1n) is 9.63. The Morgan fingerprint density at radius 2 is 1.72 bits per heavy atom. The second kappa shape index (κ2) is 9.15. The lowest BCUT2D eigenvalue weighted by Gasteiger charge is -2.09. The summed E-state index contributed by atoms with van der Waals surface area (Å²) in [5.74, 6) is 0.354. The lowest BCUT2D eigenvalue weighted by molar-refractivity contribution is 0.475. The van der Waals surface area contributed by atoms with Crippen LogP contribution in [-0.4, -0.2) is 41.4 Å². The first-order valence-corrected chi connectivity index (χ1v) is 11.2. The molecule has 166 valence electrons. The highest BCUT2D eigenvalue weighted by atomic mass is 32.2. The van der Waals surface area contributed by atoms with Crippen LogP contribution in [0.2, 0.25) is 0 Å². The molecule has 1 heterocycles. The van der Waals surface area contributed by atoms with Gasteiger partial charge in [-0.1, -0.05) is 12.1 Å². The summed E-state index contributed by atoms with van der Waals surface area (Å²) in [5, 5.41) is 16.9. The summed E-state index contributed by atoms with van der Waals surface area (Å²) in [4.78, 5) is 8.46. The summed E-state index contributed by atoms with van der Waals surface area (Å²) in [5.41, 5.74) is 7.91. The molecule has 3 rings (SSSR count). The Kier molecular flexibility index (Phi) is 6.54. The number of aliphatic imine (C=N–C) groups is 2. The number of phenols is 1. The standard InChI is InChI=1S/C22H23N5O4S/c1-13(2)32(29,30)18-11-7-15(8-12-18)14(3)25-19(20(23)24-4)22-27-26-21(31-22)16-5-9-17(28)10-6-16/h5-13,28H,4,23H2,1-3H3/b20-19-,25-14+. The highest BCUT2D eigenvalue weighted by Gasteiger charge is 2.20. The number of hydrogen-bond acceptors (Lipinski definition) is 9. The summed E-state index contributed by atoms with van der Waals surface area (Å²) in [6, 6.07) is 12.7. The van der Waals surface area contributed by atoms with E-state index in [1.54, 1.807) is 45.0 Å². The molecule has 9 nitrogen and oxygen atoms in total. The van der Waals surface area contributed by atoms with Crippen LogP contribution in [0.25, 0.3) is 17.2 Å². The zero-order chi connectivity index (χ0) is 23.5. The lowest BCUT2D eigenvalue weighted by atomic mass is 10.1. The van der Waals surface area contributed by atoms with Gasteiger partial charge in [0.25, 0.3) is 5.89 Å². The van der Waals surface area contributed by atoms with Gasteiger partial charge in [0.1, 0.15) is 5.75 Å². The van der Waals surface area contributed by atoms with Crippen molar-refractivity contribution in [3.05, 3.63) is 65.8 Å². The molecule has 0 aliphatic carbocycles. The molecular weight excluding hydrogens is 430 g/mol. The predicted octanol–water partition coefficient (Wildman–Crippen LogP) is 3.42. The molecule has 0 unspecified atom stereocenters. The van der Waals surface area contributed by atoms with E-state index in [9.17, 15) is 13.5 Å². The number of rotatable bonds is 7. The normalized spacial score (nSPS) is 13.2. The number of aromatic nitrogens is 2. The van der Waals surface area contributed by atoms with Crippen LogP contribution in [0, 0.1) is 0 Å². The van der Waals surface area contributed by atoms with Gasteiger partial charge >= 0.3 is 0 Å². The van der Waals surface area contributed by atoms with Gasteiger partial charge in [-0.2, -0.15) is 0 Å². The van der Waals surface area contributed by atoms with Crippen molar-refractivity contribution < 1.29 is 17.9 Å². The van der Waals surface area contributed by atoms with Crippen LogP contribution in [0.15, 0.2) is 73.6 Å². The SMILES string of the molecule is C=N/C(N)=C(\N=C(/C)c1ccc(S(=O)(=O)C(C)C)cc1)c1nnc(-c2ccc(O)cc2)o1. The van der Waals surface area contributed by atoms with E-state index in [0.717, 1.165) is 0 Å². The quantitative estimate of drug-likeness (QED) is 0.521. The average molecular weight is 454 g/mol. The molecule has 10 heteroatoms. The van der Waals surface area contributed by atoms with Gasteiger partial charge in [0.15, 0.2) is 21.4 Å². The fraction of sp³-hybridized carbons (Fsp3) is 0.182. The maximum absolute atomic E-state index is 12.3. The minimum atomic E-state index is -3.37. The molecule has 0 atom stereocenters. The van der Waals surface area contributed by atoms with E-state index < -0.39 is 15.1 Å². The van der Waals surface area contributed by atoms with E-state index >= 15 is 0 Å². The molecule has 0 saturated carbocycles. The lowest BCUT2D eigenvalue weighted by Crippen LogP contribution is -2.14. The van der Waals surface area contributed by atoms with Gasteiger partial charge in [-0.15, -0.1) is 10.2 Å². The van der Waals surface area contributed by atoms with Crippen molar-refractivity contribution in [2.75, 3.05) is 0 Å². The van der Waals surface area contributed by atoms with Crippen molar-refractivity contribution in [2.45, 2.75) is 30.9 Å². The number of nitrogens with zero attached hydrogens (tertiary/aromatic N) is 4. The van der Waals surface area contributed by atoms with E-state index in [1.165, 1.54) is 24.3 Å². The zero-order valence-electron chi connectivity index (χ0n) is 17.8. The number of sulfone groups is 1. The zero-order valence-corrected chi connectivity index (χ0v) is 18.7. The van der Waals surface area contributed by atoms with Crippen LogP contribution >= 0.6 is 0 Å². The number of nitrogens with two attached hydrogens (primary N) is 1. The fourth-order valence-corrected chi connectivity index (χ4v) is 3.78. The monoisotopic (exact) mass is 453 g/mol. The van der Waals surface area contributed by atoms with Gasteiger partial charge in [-0.3, -0.25) is 0 Å². The van der Waals surface area contributed by atoms with Crippen LogP contribution < -0.4 is 5.73 Å². The van der Waals surface area contributed by atoms with E-state index in [1.807, 2.05) is 0 Å². The van der Waals surface area contributed by atoms with E-state index in [0.29, 0.717) is 16.8 Å². The maximum Gasteiger partial charge on any atom is 0.270 e. The summed E-state index contributed by atoms with van der Waals surface area (Å²) in [6.07, 6.45) is 0. The number of hydrogen-bond donors (Lipinski definition) is 2. The van der Waals surface area contributed by atoms with Crippen molar-refractivity contribution in [3.63, 3.8) is 0 Å². The Bertz CT molecular complexity index is 1290. The third-order valence-corrected chi connectivity index (χ3v) is 6.83. The molecule has 0 amide bonds. The molecular formula is C22H23N5O4S. The van der Waals surface area contributed by atoms with Gasteiger partial charge in [-0.25, -0.2) is 18.4 Å². The molecule has 0 aliphatic heterocycles. The van der Waals surface area contributed by atoms with Crippen molar-refractivity contribution in [1.29, 1.82) is 0 Å². The van der Waals surface area contributed by atoms with Crippen LogP contribution in [0.1, 0.15) is 32.2 Å². The largest absolute Gasteiger partial charge is 0.508 e. The van der Waals surface area contributed by atoms with Gasteiger partial charge in [0, 0.05) is 11.3 Å². The molecule has 32 heavy (non-hydrogen) atoms. The Labute approximate surface area is 186 Å². The molecule has 3 N–H and O–H groups in total. The van der Waals surface area contributed by atoms with Crippen molar-refractivity contribution in [1.82, 2.24) is 10.2 Å². The van der Waals surface area contributed by atoms with Crippen molar-refractivity contribution >= 4 is 28.0 Å². The second-order valence-electron chi connectivity index (χ2n) is 7.17. The highest BCUT2D eigenvalue weighted by Crippen LogP contribution is 2.25. The molecule has 1 aromatic heterocycles. The molecule has 0 spiro atoms. The molecule has 0 aliphatic rings. The molecule has 3 aromatic rings. The molecule has 2 aromatic carbocycles. The van der Waals surface area contributed by atoms with Gasteiger partial charge in [0.05, 0.1) is 10.1 Å². The van der Waals surface area contributed by atoms with Gasteiger partial charge < -0.3 is 15.3 Å². The third kappa shape index (κ3) is 4.75. The Balaban J connectivity index is 1.96. The van der Waals surface area contributed by atoms with Crippen molar-refractivity contribution in [2.24, 2.45) is 15.7 Å². The Morgan fingerprint density at radius 3 is 2.28 bits per heavy atom. The topological polar surface area (TPSA) is 144 Å². The Morgan fingerprint density at radius 1 is 1.09 bits per heavy atom. The van der Waals surface area contributed by atoms with Crippen LogP contribution in [0.3, 0.4) is 0 Å². The number of phenolic OH excluding ortho intramolecular Hbond substituents is 1. The first kappa shape index (κ1) is 22.9. The van der Waals surface area contributed by atoms with Crippen molar-refractivity contribution in [3.8, 4) is 17.2 Å². The van der Waals surface area contributed by atoms with E-state index in [-0.39, 0.29) is 33.9 Å². The summed E-state index contributed by atoms with van der Waals surface area (Å²) < 4.78 is 30.4. The van der Waals surface area contributed by atoms with Crippen LogP contribution in [0.5, 0.6) is 5.75 Å². The van der Waals surface area contributed by atoms with Gasteiger partial charge in [0.2, 0.25) is 5.89 Å². The molecule has 0 saturated heterocycles. The first-order chi connectivity index (χ1) is 15.1. The Hall–Kier alpha value is -3.79. The van der Waals surface area contributed by atoms with Crippen LogP contribution in [0.4, 0.5) is 0 Å². The molecule has 0 radical (unpaired) electrons. The predicted molar refractivity (Wildman–Crippen MR) is 123 cm³/mol. The molecule has 0 bridgehead atoms. The summed E-state index contributed by atoms with van der Waals surface area (Å²) in [6.45, 7) is 8.43. The number of benzene rings is 2. The minimum absolute atomic E-state index is 0.00994. The maximum atomic E-state index is 12.3. The highest BCUT2D eigenvalue weighted by molar-refractivity contribution is 7.92. The third-order valence-electron chi connectivity index (χ3n) is 4.66. The summed E-state index contributed by atoms with van der Waals surface area (Å²) >= 11 is 0. The smallest absolute Gasteiger partial charge is 0.270 e. The summed E-state index contributed by atoms with van der Waals surface area (Å²) in [7, 11) is -3.37. The van der Waals surface area contributed by atoms with E-state index in [4.69, 9.17) is 10.2 Å². The fourth-order valence-electron chi connectivity index (χ4n) is 2.72. The second-order valence-corrected chi connectivity index (χ2v) is 9.67. The minimum Gasteiger partial charge on any atom is -0.508 e.